The SMILES string of the molecule is N#CCC12CCC(C(=O)Nc3n[nH]c(-c4cccc(-c5cccnc5)c4)n3)(c3ccccc31)c1ccccc12. The van der Waals surface area contributed by atoms with E-state index in [1.165, 1.54) is 0 Å². The number of nitriles is 1. The van der Waals surface area contributed by atoms with Gasteiger partial charge in [-0.3, -0.25) is 20.2 Å². The minimum absolute atomic E-state index is 0.165. The predicted octanol–water partition coefficient (Wildman–Crippen LogP) is 5.77. The van der Waals surface area contributed by atoms with Crippen LogP contribution in [0.3, 0.4) is 0 Å². The largest absolute Gasteiger partial charge is 0.292 e. The molecule has 3 aromatic carbocycles. The van der Waals surface area contributed by atoms with Gasteiger partial charge in [-0.1, -0.05) is 72.8 Å². The molecule has 0 atom stereocenters. The van der Waals surface area contributed by atoms with Gasteiger partial charge in [-0.25, -0.2) is 0 Å². The first kappa shape index (κ1) is 23.1. The quantitative estimate of drug-likeness (QED) is 0.314. The van der Waals surface area contributed by atoms with Crippen molar-refractivity contribution < 1.29 is 4.79 Å². The summed E-state index contributed by atoms with van der Waals surface area (Å²) in [4.78, 5) is 23.1. The van der Waals surface area contributed by atoms with E-state index >= 15 is 0 Å². The van der Waals surface area contributed by atoms with Crippen molar-refractivity contribution in [3.8, 4) is 28.6 Å². The van der Waals surface area contributed by atoms with Crippen molar-refractivity contribution in [2.75, 3.05) is 5.32 Å². The monoisotopic (exact) mass is 508 g/mol. The molecule has 0 spiro atoms. The first-order chi connectivity index (χ1) is 19.2. The van der Waals surface area contributed by atoms with Crippen LogP contribution in [0.5, 0.6) is 0 Å². The summed E-state index contributed by atoms with van der Waals surface area (Å²) in [5, 5.41) is 20.1. The van der Waals surface area contributed by atoms with Crippen LogP contribution in [0.2, 0.25) is 0 Å². The van der Waals surface area contributed by atoms with E-state index < -0.39 is 10.8 Å². The topological polar surface area (TPSA) is 107 Å². The third-order valence-electron chi connectivity index (χ3n) is 8.34. The number of aromatic nitrogens is 4. The molecule has 188 valence electrons. The average molecular weight is 509 g/mol. The zero-order valence-corrected chi connectivity index (χ0v) is 21.1. The number of fused-ring (bicyclic) bond motifs is 1. The van der Waals surface area contributed by atoms with Crippen LogP contribution in [0.25, 0.3) is 22.5 Å². The molecule has 5 aromatic rings. The maximum Gasteiger partial charge on any atom is 0.249 e. The molecule has 1 amide bonds. The standard InChI is InChI=1S/C32H24N6O/c33-17-16-31-14-15-32(26-12-3-1-10-24(26)31,27-13-4-2-11-25(27)31)29(39)36-30-35-28(37-38-30)22-8-5-7-21(19-22)23-9-6-18-34-20-23/h1-13,18-20H,14-16H2,(H2,35,36,37,38,39). The zero-order chi connectivity index (χ0) is 26.5. The highest BCUT2D eigenvalue weighted by Gasteiger charge is 2.58. The van der Waals surface area contributed by atoms with Crippen molar-refractivity contribution in [2.45, 2.75) is 30.1 Å². The number of rotatable bonds is 5. The molecule has 8 rings (SSSR count). The fraction of sp³-hybridized carbons (Fsp3) is 0.156. The van der Waals surface area contributed by atoms with E-state index in [9.17, 15) is 10.1 Å². The Morgan fingerprint density at radius 2 is 1.56 bits per heavy atom. The van der Waals surface area contributed by atoms with E-state index in [4.69, 9.17) is 0 Å². The van der Waals surface area contributed by atoms with E-state index in [0.29, 0.717) is 18.7 Å². The van der Waals surface area contributed by atoms with Gasteiger partial charge >= 0.3 is 0 Å². The molecular weight excluding hydrogens is 484 g/mol. The van der Waals surface area contributed by atoms with Crippen LogP contribution in [-0.4, -0.2) is 26.1 Å². The number of amides is 1. The number of carbonyl (C=O) groups excluding carboxylic acids is 1. The van der Waals surface area contributed by atoms with Gasteiger partial charge in [0.1, 0.15) is 0 Å². The first-order valence-corrected chi connectivity index (χ1v) is 13.0. The number of hydrogen-bond acceptors (Lipinski definition) is 5. The molecule has 2 N–H and O–H groups in total. The van der Waals surface area contributed by atoms with Crippen LogP contribution in [0, 0.1) is 11.3 Å². The highest BCUT2D eigenvalue weighted by Crippen LogP contribution is 2.60. The second-order valence-electron chi connectivity index (χ2n) is 10.2. The third kappa shape index (κ3) is 3.35. The van der Waals surface area contributed by atoms with Crippen molar-refractivity contribution in [3.05, 3.63) is 120 Å². The van der Waals surface area contributed by atoms with E-state index in [2.05, 4.69) is 43.7 Å². The van der Waals surface area contributed by atoms with Gasteiger partial charge < -0.3 is 0 Å². The molecule has 7 nitrogen and oxygen atoms in total. The van der Waals surface area contributed by atoms with Gasteiger partial charge in [-0.2, -0.15) is 10.2 Å². The Kier molecular flexibility index (Phi) is 5.17. The van der Waals surface area contributed by atoms with Crippen LogP contribution in [0.15, 0.2) is 97.3 Å². The second kappa shape index (κ2) is 8.74. The third-order valence-corrected chi connectivity index (χ3v) is 8.34. The van der Waals surface area contributed by atoms with Gasteiger partial charge in [-0.05, 0) is 52.8 Å². The summed E-state index contributed by atoms with van der Waals surface area (Å²) in [6.45, 7) is 0. The lowest BCUT2D eigenvalue weighted by Gasteiger charge is -2.53. The number of aromatic amines is 1. The van der Waals surface area contributed by atoms with E-state index in [1.54, 1.807) is 6.20 Å². The number of nitrogens with one attached hydrogen (secondary N) is 2. The molecule has 7 heteroatoms. The maximum atomic E-state index is 14.2. The van der Waals surface area contributed by atoms with Crippen LogP contribution in [-0.2, 0) is 15.6 Å². The van der Waals surface area contributed by atoms with E-state index in [1.807, 2.05) is 79.0 Å². The van der Waals surface area contributed by atoms with Crippen LogP contribution < -0.4 is 5.32 Å². The zero-order valence-electron chi connectivity index (χ0n) is 21.1. The number of H-pyrrole nitrogens is 1. The van der Waals surface area contributed by atoms with Crippen molar-refractivity contribution >= 4 is 11.9 Å². The molecule has 0 fully saturated rings. The van der Waals surface area contributed by atoms with Gasteiger partial charge in [0.2, 0.25) is 11.9 Å². The van der Waals surface area contributed by atoms with Crippen molar-refractivity contribution in [1.82, 2.24) is 20.2 Å². The fourth-order valence-electron chi connectivity index (χ4n) is 6.58. The Balaban J connectivity index is 1.25. The summed E-state index contributed by atoms with van der Waals surface area (Å²) >= 11 is 0. The molecular formula is C32H24N6O. The molecule has 2 bridgehead atoms. The molecule has 0 unspecified atom stereocenters. The summed E-state index contributed by atoms with van der Waals surface area (Å²) in [7, 11) is 0. The van der Waals surface area contributed by atoms with Crippen molar-refractivity contribution in [1.29, 1.82) is 5.26 Å². The predicted molar refractivity (Wildman–Crippen MR) is 148 cm³/mol. The minimum Gasteiger partial charge on any atom is -0.292 e. The van der Waals surface area contributed by atoms with Gasteiger partial charge in [-0.15, -0.1) is 5.10 Å². The molecule has 2 heterocycles. The number of carbonyl (C=O) groups is 1. The molecule has 39 heavy (non-hydrogen) atoms. The van der Waals surface area contributed by atoms with E-state index in [0.717, 1.165) is 45.4 Å². The van der Waals surface area contributed by atoms with Gasteiger partial charge in [0.25, 0.3) is 0 Å². The van der Waals surface area contributed by atoms with E-state index in [-0.39, 0.29) is 11.9 Å². The molecule has 0 saturated carbocycles. The lowest BCUT2D eigenvalue weighted by atomic mass is 9.48. The molecule has 3 aliphatic carbocycles. The summed E-state index contributed by atoms with van der Waals surface area (Å²) in [6.07, 6.45) is 5.28. The Morgan fingerprint density at radius 3 is 2.26 bits per heavy atom. The van der Waals surface area contributed by atoms with Crippen molar-refractivity contribution in [2.24, 2.45) is 0 Å². The Hall–Kier alpha value is -5.09. The minimum atomic E-state index is -0.884. The number of pyridine rings is 1. The smallest absolute Gasteiger partial charge is 0.249 e. The van der Waals surface area contributed by atoms with Gasteiger partial charge in [0.05, 0.1) is 11.5 Å². The number of anilines is 1. The van der Waals surface area contributed by atoms with Crippen LogP contribution in [0.4, 0.5) is 5.95 Å². The highest BCUT2D eigenvalue weighted by atomic mass is 16.2. The summed E-state index contributed by atoms with van der Waals surface area (Å²) < 4.78 is 0. The van der Waals surface area contributed by atoms with Crippen LogP contribution >= 0.6 is 0 Å². The first-order valence-electron chi connectivity index (χ1n) is 13.0. The van der Waals surface area contributed by atoms with Crippen molar-refractivity contribution in [3.63, 3.8) is 0 Å². The lowest BCUT2D eigenvalue weighted by molar-refractivity contribution is -0.121. The number of nitrogens with zero attached hydrogens (tertiary/aromatic N) is 4. The molecule has 0 saturated heterocycles. The summed E-state index contributed by atoms with van der Waals surface area (Å²) in [6, 6.07) is 30.4. The second-order valence-corrected chi connectivity index (χ2v) is 10.2. The fourth-order valence-corrected chi connectivity index (χ4v) is 6.58. The van der Waals surface area contributed by atoms with Gasteiger partial charge in [0, 0.05) is 35.4 Å². The Labute approximate surface area is 225 Å². The molecule has 0 radical (unpaired) electrons. The molecule has 2 aromatic heterocycles. The maximum absolute atomic E-state index is 14.2. The summed E-state index contributed by atoms with van der Waals surface area (Å²) in [5.41, 5.74) is 5.64. The Bertz CT molecular complexity index is 1720. The van der Waals surface area contributed by atoms with Crippen LogP contribution in [0.1, 0.15) is 41.5 Å². The van der Waals surface area contributed by atoms with Gasteiger partial charge in [0.15, 0.2) is 5.82 Å². The number of benzene rings is 3. The normalized spacial score (nSPS) is 20.5. The highest BCUT2D eigenvalue weighted by molar-refractivity contribution is 6.03. The Morgan fingerprint density at radius 1 is 0.872 bits per heavy atom. The number of hydrogen-bond donors (Lipinski definition) is 2. The molecule has 0 aliphatic heterocycles. The average Bonchev–Trinajstić information content (AvgIpc) is 3.47. The summed E-state index contributed by atoms with van der Waals surface area (Å²) in [5.74, 6) is 0.627. The molecule has 3 aliphatic rings. The lowest BCUT2D eigenvalue weighted by Crippen LogP contribution is -2.54.